The van der Waals surface area contributed by atoms with Crippen molar-refractivity contribution in [2.24, 2.45) is 0 Å². The van der Waals surface area contributed by atoms with Crippen molar-refractivity contribution in [3.05, 3.63) is 40.1 Å². The van der Waals surface area contributed by atoms with Gasteiger partial charge in [0.2, 0.25) is 0 Å². The molecular weight excluding hydrogens is 303 g/mol. The van der Waals surface area contributed by atoms with Gasteiger partial charge in [-0.25, -0.2) is 9.18 Å². The molecule has 0 unspecified atom stereocenters. The number of carbonyl (C=O) groups excluding carboxylic acids is 1. The summed E-state index contributed by atoms with van der Waals surface area (Å²) < 4.78 is 23.6. The van der Waals surface area contributed by atoms with Crippen LogP contribution in [-0.2, 0) is 9.53 Å². The Bertz CT molecular complexity index is 437. The molecule has 0 bridgehead atoms. The first-order chi connectivity index (χ1) is 8.56. The molecule has 98 valence electrons. The van der Waals surface area contributed by atoms with Crippen molar-refractivity contribution < 1.29 is 18.7 Å². The lowest BCUT2D eigenvalue weighted by Gasteiger charge is -2.06. The third kappa shape index (κ3) is 4.49. The summed E-state index contributed by atoms with van der Waals surface area (Å²) in [4.78, 5) is 11.3. The Morgan fingerprint density at radius 1 is 1.44 bits per heavy atom. The van der Waals surface area contributed by atoms with Gasteiger partial charge in [-0.05, 0) is 24.6 Å². The first-order valence-electron chi connectivity index (χ1n) is 5.43. The number of hydrogen-bond acceptors (Lipinski definition) is 3. The van der Waals surface area contributed by atoms with Crippen LogP contribution < -0.4 is 4.74 Å². The van der Waals surface area contributed by atoms with E-state index in [1.807, 2.05) is 6.92 Å². The third-order valence-corrected chi connectivity index (χ3v) is 2.70. The monoisotopic (exact) mass is 316 g/mol. The number of rotatable bonds is 5. The van der Waals surface area contributed by atoms with Crippen LogP contribution in [0.3, 0.4) is 0 Å². The van der Waals surface area contributed by atoms with Crippen molar-refractivity contribution in [3.8, 4) is 5.75 Å². The van der Waals surface area contributed by atoms with Crippen molar-refractivity contribution >= 4 is 21.9 Å². The normalized spacial score (nSPS) is 11.2. The van der Waals surface area contributed by atoms with Crippen LogP contribution in [0.25, 0.3) is 0 Å². The molecule has 0 aliphatic heterocycles. The largest absolute Gasteiger partial charge is 0.489 e. The van der Waals surface area contributed by atoms with Crippen LogP contribution in [0.1, 0.15) is 13.3 Å². The van der Waals surface area contributed by atoms with Crippen molar-refractivity contribution in [1.82, 2.24) is 0 Å². The van der Waals surface area contributed by atoms with E-state index in [-0.39, 0.29) is 18.4 Å². The van der Waals surface area contributed by atoms with Gasteiger partial charge in [0.25, 0.3) is 0 Å². The van der Waals surface area contributed by atoms with Crippen molar-refractivity contribution in [1.29, 1.82) is 0 Å². The lowest BCUT2D eigenvalue weighted by molar-refractivity contribution is -0.136. The molecule has 3 nitrogen and oxygen atoms in total. The Morgan fingerprint density at radius 2 is 2.17 bits per heavy atom. The Hall–Kier alpha value is -1.36. The highest BCUT2D eigenvalue weighted by Crippen LogP contribution is 2.20. The van der Waals surface area contributed by atoms with Gasteiger partial charge in [-0.15, -0.1) is 0 Å². The highest BCUT2D eigenvalue weighted by molar-refractivity contribution is 9.10. The molecule has 5 heteroatoms. The number of ether oxygens (including phenoxy) is 2. The van der Waals surface area contributed by atoms with Gasteiger partial charge < -0.3 is 9.47 Å². The lowest BCUT2D eigenvalue weighted by Crippen LogP contribution is -2.06. The summed E-state index contributed by atoms with van der Waals surface area (Å²) >= 11 is 3.17. The molecule has 0 saturated carbocycles. The standard InChI is InChI=1S/C13H14BrFO3/c1-3-9(13(16)17-2)4-5-18-12-7-10(14)6-11(15)8-12/h4,6-8H,3,5H2,1-2H3/b9-4-. The van der Waals surface area contributed by atoms with Crippen LogP contribution in [0.15, 0.2) is 34.3 Å². The average Bonchev–Trinajstić information content (AvgIpc) is 2.32. The van der Waals surface area contributed by atoms with E-state index >= 15 is 0 Å². The molecule has 1 aromatic rings. The lowest BCUT2D eigenvalue weighted by atomic mass is 10.2. The molecule has 1 aromatic carbocycles. The Labute approximate surface area is 114 Å². The Morgan fingerprint density at radius 3 is 2.72 bits per heavy atom. The van der Waals surface area contributed by atoms with Crippen LogP contribution >= 0.6 is 15.9 Å². The number of hydrogen-bond donors (Lipinski definition) is 0. The van der Waals surface area contributed by atoms with Gasteiger partial charge in [-0.2, -0.15) is 0 Å². The summed E-state index contributed by atoms with van der Waals surface area (Å²) in [5.74, 6) is -0.355. The van der Waals surface area contributed by atoms with Crippen molar-refractivity contribution in [2.45, 2.75) is 13.3 Å². The molecule has 0 N–H and O–H groups in total. The highest BCUT2D eigenvalue weighted by atomic mass is 79.9. The predicted octanol–water partition coefficient (Wildman–Crippen LogP) is 3.48. The first kappa shape index (κ1) is 14.7. The fraction of sp³-hybridized carbons (Fsp3) is 0.308. The van der Waals surface area contributed by atoms with E-state index in [0.29, 0.717) is 22.2 Å². The molecule has 0 radical (unpaired) electrons. The van der Waals surface area contributed by atoms with E-state index < -0.39 is 0 Å². The minimum absolute atomic E-state index is 0.189. The Balaban J connectivity index is 2.64. The second-order valence-corrected chi connectivity index (χ2v) is 4.41. The smallest absolute Gasteiger partial charge is 0.333 e. The summed E-state index contributed by atoms with van der Waals surface area (Å²) in [6, 6.07) is 4.28. The zero-order valence-corrected chi connectivity index (χ0v) is 11.8. The van der Waals surface area contributed by atoms with Crippen molar-refractivity contribution in [3.63, 3.8) is 0 Å². The quantitative estimate of drug-likeness (QED) is 0.616. The average molecular weight is 317 g/mol. The number of methoxy groups -OCH3 is 1. The third-order valence-electron chi connectivity index (χ3n) is 2.24. The molecule has 0 amide bonds. The molecule has 0 saturated heterocycles. The zero-order chi connectivity index (χ0) is 13.5. The van der Waals surface area contributed by atoms with E-state index in [1.165, 1.54) is 19.2 Å². The van der Waals surface area contributed by atoms with Gasteiger partial charge in [-0.1, -0.05) is 22.9 Å². The van der Waals surface area contributed by atoms with Gasteiger partial charge in [-0.3, -0.25) is 0 Å². The maximum atomic E-state index is 13.1. The molecular formula is C13H14BrFO3. The SMILES string of the molecule is CC/C(=C/COc1cc(F)cc(Br)c1)C(=O)OC. The molecule has 0 aromatic heterocycles. The molecule has 1 rings (SSSR count). The van der Waals surface area contributed by atoms with Crippen LogP contribution in [-0.4, -0.2) is 19.7 Å². The first-order valence-corrected chi connectivity index (χ1v) is 6.22. The van der Waals surface area contributed by atoms with E-state index in [0.717, 1.165) is 0 Å². The summed E-state index contributed by atoms with van der Waals surface area (Å²) in [5, 5.41) is 0. The topological polar surface area (TPSA) is 35.5 Å². The van der Waals surface area contributed by atoms with Gasteiger partial charge in [0, 0.05) is 16.1 Å². The fourth-order valence-corrected chi connectivity index (χ4v) is 1.80. The maximum absolute atomic E-state index is 13.1. The van der Waals surface area contributed by atoms with E-state index in [4.69, 9.17) is 4.74 Å². The fourth-order valence-electron chi connectivity index (χ4n) is 1.35. The van der Waals surface area contributed by atoms with Crippen molar-refractivity contribution in [2.75, 3.05) is 13.7 Å². The summed E-state index contributed by atoms with van der Waals surface area (Å²) in [6.07, 6.45) is 2.19. The minimum atomic E-state index is -0.382. The molecule has 18 heavy (non-hydrogen) atoms. The van der Waals surface area contributed by atoms with Gasteiger partial charge in [0.1, 0.15) is 18.2 Å². The van der Waals surface area contributed by atoms with Gasteiger partial charge in [0.15, 0.2) is 0 Å². The molecule has 0 heterocycles. The second-order valence-electron chi connectivity index (χ2n) is 3.49. The summed E-state index contributed by atoms with van der Waals surface area (Å²) in [5.41, 5.74) is 0.535. The van der Waals surface area contributed by atoms with E-state index in [9.17, 15) is 9.18 Å². The number of esters is 1. The van der Waals surface area contributed by atoms with E-state index in [1.54, 1.807) is 12.1 Å². The second kappa shape index (κ2) is 7.16. The predicted molar refractivity (Wildman–Crippen MR) is 70.0 cm³/mol. The zero-order valence-electron chi connectivity index (χ0n) is 10.2. The van der Waals surface area contributed by atoms with Crippen LogP contribution in [0.2, 0.25) is 0 Å². The molecule has 0 aliphatic carbocycles. The van der Waals surface area contributed by atoms with E-state index in [2.05, 4.69) is 20.7 Å². The highest BCUT2D eigenvalue weighted by Gasteiger charge is 2.06. The molecule has 0 aliphatic rings. The summed E-state index contributed by atoms with van der Waals surface area (Å²) in [7, 11) is 1.33. The molecule has 0 fully saturated rings. The number of benzene rings is 1. The molecule has 0 atom stereocenters. The molecule has 0 spiro atoms. The Kier molecular flexibility index (Phi) is 5.85. The minimum Gasteiger partial charge on any atom is -0.489 e. The van der Waals surface area contributed by atoms with Gasteiger partial charge in [0.05, 0.1) is 7.11 Å². The van der Waals surface area contributed by atoms with Crippen LogP contribution in [0.5, 0.6) is 5.75 Å². The van der Waals surface area contributed by atoms with Crippen LogP contribution in [0, 0.1) is 5.82 Å². The number of halogens is 2. The number of carbonyl (C=O) groups is 1. The summed E-state index contributed by atoms with van der Waals surface area (Å²) in [6.45, 7) is 2.04. The van der Waals surface area contributed by atoms with Gasteiger partial charge >= 0.3 is 5.97 Å². The maximum Gasteiger partial charge on any atom is 0.333 e. The van der Waals surface area contributed by atoms with Crippen LogP contribution in [0.4, 0.5) is 4.39 Å².